The fourth-order valence-electron chi connectivity index (χ4n) is 1.96. The van der Waals surface area contributed by atoms with Gasteiger partial charge in [0.25, 0.3) is 0 Å². The predicted molar refractivity (Wildman–Crippen MR) is 89.1 cm³/mol. The van der Waals surface area contributed by atoms with Crippen LogP contribution in [0.4, 0.5) is 4.39 Å². The standard InChI is InChI=1S/C6H13Si.C5H5F.C5H6S.2ClH.Hf/c7-6-4-2-1-3-5-6;6-5-3-1-2-4-5;1-2-4-6-5-3-1;;;/h6H,1-5,7H2;1,3-4H,2H2;1-4H,5H2;2*1H;/p-2. The van der Waals surface area contributed by atoms with Crippen LogP contribution in [-0.4, -0.2) is 16.0 Å². The van der Waals surface area contributed by atoms with Crippen LogP contribution in [-0.2, 0) is 25.8 Å². The zero-order valence-electron chi connectivity index (χ0n) is 12.8. The van der Waals surface area contributed by atoms with Gasteiger partial charge in [-0.05, 0) is 24.0 Å². The van der Waals surface area contributed by atoms with E-state index in [4.69, 9.17) is 0 Å². The number of rotatable bonds is 0. The van der Waals surface area contributed by atoms with Crippen LogP contribution in [0, 0.1) is 0 Å². The van der Waals surface area contributed by atoms with Crippen molar-refractivity contribution in [3.05, 3.63) is 47.7 Å². The van der Waals surface area contributed by atoms with E-state index in [9.17, 15) is 4.39 Å². The first-order chi connectivity index (χ1) is 9.29. The Bertz CT molecular complexity index is 339. The first-order valence-corrected chi connectivity index (χ1v) is 8.94. The molecule has 0 amide bonds. The molecular weight excluding hydrogens is 521 g/mol. The molecule has 1 heterocycles. The molecule has 125 valence electrons. The van der Waals surface area contributed by atoms with Crippen molar-refractivity contribution in [1.29, 1.82) is 0 Å². The van der Waals surface area contributed by atoms with Gasteiger partial charge in [0.2, 0.25) is 0 Å². The Hall–Kier alpha value is 0.907. The molecule has 0 aromatic rings. The van der Waals surface area contributed by atoms with Crippen LogP contribution in [0.1, 0.15) is 38.5 Å². The van der Waals surface area contributed by atoms with Crippen molar-refractivity contribution in [2.45, 2.75) is 44.1 Å². The average molecular weight is 545 g/mol. The Balaban J connectivity index is -0.000000231. The Morgan fingerprint density at radius 3 is 1.91 bits per heavy atom. The molecule has 0 saturated heterocycles. The van der Waals surface area contributed by atoms with Crippen molar-refractivity contribution in [1.82, 2.24) is 0 Å². The molecule has 0 nitrogen and oxygen atoms in total. The van der Waals surface area contributed by atoms with E-state index < -0.39 is 0 Å². The van der Waals surface area contributed by atoms with E-state index >= 15 is 0 Å². The summed E-state index contributed by atoms with van der Waals surface area (Å²) in [5.41, 5.74) is 1.06. The van der Waals surface area contributed by atoms with E-state index in [0.29, 0.717) is 0 Å². The molecule has 0 spiro atoms. The van der Waals surface area contributed by atoms with Gasteiger partial charge in [-0.3, -0.25) is 0 Å². The Kier molecular flexibility index (Phi) is 25.2. The second-order valence-electron chi connectivity index (χ2n) is 4.82. The number of thioether (sulfide) groups is 1. The largest absolute Gasteiger partial charge is 1.00 e. The number of allylic oxidation sites excluding steroid dienone is 6. The Morgan fingerprint density at radius 1 is 1.05 bits per heavy atom. The molecular formula is C16H24Cl2FHfSSi-2. The summed E-state index contributed by atoms with van der Waals surface area (Å²) < 4.78 is 11.7. The monoisotopic (exact) mass is 545 g/mol. The third-order valence-corrected chi connectivity index (χ3v) is 4.62. The van der Waals surface area contributed by atoms with Gasteiger partial charge in [0.15, 0.2) is 0 Å². The molecule has 1 saturated carbocycles. The minimum Gasteiger partial charge on any atom is -1.00 e. The van der Waals surface area contributed by atoms with Crippen LogP contribution in [0.25, 0.3) is 0 Å². The van der Waals surface area contributed by atoms with Crippen LogP contribution in [0.15, 0.2) is 47.7 Å². The molecule has 0 bridgehead atoms. The van der Waals surface area contributed by atoms with Gasteiger partial charge in [-0.1, -0.05) is 61.9 Å². The molecule has 0 aromatic carbocycles. The van der Waals surface area contributed by atoms with Crippen LogP contribution in [0.2, 0.25) is 5.54 Å². The van der Waals surface area contributed by atoms with Crippen LogP contribution < -0.4 is 24.8 Å². The molecule has 0 N–H and O–H groups in total. The summed E-state index contributed by atoms with van der Waals surface area (Å²) in [6.07, 6.45) is 19.3. The summed E-state index contributed by atoms with van der Waals surface area (Å²) in [5.74, 6) is 1.05. The molecule has 22 heavy (non-hydrogen) atoms. The van der Waals surface area contributed by atoms with Crippen molar-refractivity contribution in [2.24, 2.45) is 0 Å². The van der Waals surface area contributed by atoms with E-state index in [1.807, 2.05) is 17.8 Å². The van der Waals surface area contributed by atoms with Crippen molar-refractivity contribution in [3.63, 3.8) is 0 Å². The Labute approximate surface area is 173 Å². The summed E-state index contributed by atoms with van der Waals surface area (Å²) in [6.45, 7) is 0. The molecule has 0 atom stereocenters. The molecule has 3 aliphatic rings. The summed E-state index contributed by atoms with van der Waals surface area (Å²) in [7, 11) is 2.18. The fraction of sp³-hybridized carbons (Fsp3) is 0.500. The first kappa shape index (κ1) is 27.7. The molecule has 1 radical (unpaired) electrons. The van der Waals surface area contributed by atoms with Gasteiger partial charge >= 0.3 is 0 Å². The molecule has 1 aliphatic heterocycles. The smallest absolute Gasteiger partial charge is 0.119 e. The van der Waals surface area contributed by atoms with Gasteiger partial charge in [0, 0.05) is 41.8 Å². The number of hydrogen-bond donors (Lipinski definition) is 0. The molecule has 0 aromatic heterocycles. The Morgan fingerprint density at radius 2 is 1.73 bits per heavy atom. The normalized spacial score (nSPS) is 18.2. The fourth-order valence-corrected chi connectivity index (χ4v) is 3.08. The first-order valence-electron chi connectivity index (χ1n) is 7.07. The van der Waals surface area contributed by atoms with E-state index in [1.165, 1.54) is 38.2 Å². The summed E-state index contributed by atoms with van der Waals surface area (Å²) in [4.78, 5) is 0. The van der Waals surface area contributed by atoms with Gasteiger partial charge in [-0.25, -0.2) is 4.39 Å². The summed E-state index contributed by atoms with van der Waals surface area (Å²) in [6, 6.07) is 0. The van der Waals surface area contributed by atoms with Crippen LogP contribution in [0.3, 0.4) is 0 Å². The zero-order chi connectivity index (χ0) is 13.8. The van der Waals surface area contributed by atoms with Crippen LogP contribution in [0.5, 0.6) is 0 Å². The topological polar surface area (TPSA) is 0 Å². The van der Waals surface area contributed by atoms with E-state index in [0.717, 1.165) is 17.7 Å². The zero-order valence-corrected chi connectivity index (χ0v) is 20.2. The quantitative estimate of drug-likeness (QED) is 0.352. The molecule has 0 unspecified atom stereocenters. The van der Waals surface area contributed by atoms with Gasteiger partial charge in [-0.15, -0.1) is 11.8 Å². The van der Waals surface area contributed by atoms with Gasteiger partial charge in [0.05, 0.1) is 0 Å². The van der Waals surface area contributed by atoms with Gasteiger partial charge < -0.3 is 24.8 Å². The van der Waals surface area contributed by atoms with Crippen molar-refractivity contribution in [2.75, 3.05) is 5.75 Å². The minimum absolute atomic E-state index is 0. The second-order valence-corrected chi connectivity index (χ2v) is 6.91. The molecule has 2 aliphatic carbocycles. The maximum Gasteiger partial charge on any atom is 0.119 e. The predicted octanol–water partition coefficient (Wildman–Crippen LogP) is -1.02. The minimum atomic E-state index is -0.102. The number of halogens is 3. The maximum atomic E-state index is 11.7. The molecule has 1 fully saturated rings. The van der Waals surface area contributed by atoms with E-state index in [2.05, 4.69) is 27.8 Å². The van der Waals surface area contributed by atoms with Crippen LogP contribution >= 0.6 is 11.8 Å². The van der Waals surface area contributed by atoms with E-state index in [-0.39, 0.29) is 56.5 Å². The number of hydrogen-bond acceptors (Lipinski definition) is 1. The van der Waals surface area contributed by atoms with Crippen molar-refractivity contribution < 1.29 is 55.0 Å². The summed E-state index contributed by atoms with van der Waals surface area (Å²) in [5, 5.41) is 2.10. The third-order valence-electron chi connectivity index (χ3n) is 3.07. The molecule has 3 rings (SSSR count). The SMILES string of the molecule is C1=CCSC=C1.FC1=CCC=C1.[Cl-].[Cl-].[Hf].[SiH2]C1CCCCC1. The summed E-state index contributed by atoms with van der Waals surface area (Å²) >= 11 is 1.83. The third kappa shape index (κ3) is 17.3. The molecule has 6 heteroatoms. The average Bonchev–Trinajstić information content (AvgIpc) is 2.94. The van der Waals surface area contributed by atoms with Crippen molar-refractivity contribution >= 4 is 22.0 Å². The van der Waals surface area contributed by atoms with Crippen molar-refractivity contribution in [3.8, 4) is 0 Å². The van der Waals surface area contributed by atoms with Gasteiger partial charge in [0.1, 0.15) is 5.83 Å². The van der Waals surface area contributed by atoms with E-state index in [1.54, 1.807) is 12.2 Å². The van der Waals surface area contributed by atoms with Gasteiger partial charge in [-0.2, -0.15) is 0 Å². The second kappa shape index (κ2) is 20.0. The maximum absolute atomic E-state index is 11.7.